The average molecular weight is 367 g/mol. The zero-order valence-electron chi connectivity index (χ0n) is 16.4. The fourth-order valence-corrected chi connectivity index (χ4v) is 3.34. The predicted octanol–water partition coefficient (Wildman–Crippen LogP) is 2.86. The van der Waals surface area contributed by atoms with Gasteiger partial charge in [-0.2, -0.15) is 0 Å². The summed E-state index contributed by atoms with van der Waals surface area (Å²) in [7, 11) is 4.08. The molecule has 0 aliphatic carbocycles. The zero-order chi connectivity index (χ0) is 19.2. The van der Waals surface area contributed by atoms with Crippen molar-refractivity contribution in [2.75, 3.05) is 51.8 Å². The number of benzene rings is 2. The lowest BCUT2D eigenvalue weighted by atomic mass is 10.0. The Morgan fingerprint density at radius 3 is 2.30 bits per heavy atom. The standard InChI is InChI=1S/C22H29N3O2/c1-17-4-6-19(7-5-17)22(26)23-16-21(25-12-14-27-15-13-25)18-8-10-20(11-9-18)24(2)3/h4-11,21H,12-16H2,1-3H3,(H,23,26)/t21-/m1/s1. The van der Waals surface area contributed by atoms with E-state index in [4.69, 9.17) is 4.74 Å². The predicted molar refractivity (Wildman–Crippen MR) is 109 cm³/mol. The zero-order valence-corrected chi connectivity index (χ0v) is 16.4. The molecule has 0 radical (unpaired) electrons. The highest BCUT2D eigenvalue weighted by molar-refractivity contribution is 5.94. The summed E-state index contributed by atoms with van der Waals surface area (Å²) in [6.45, 7) is 5.82. The molecule has 1 heterocycles. The fourth-order valence-electron chi connectivity index (χ4n) is 3.34. The summed E-state index contributed by atoms with van der Waals surface area (Å²) < 4.78 is 5.51. The molecule has 5 nitrogen and oxygen atoms in total. The third-order valence-electron chi connectivity index (χ3n) is 5.05. The van der Waals surface area contributed by atoms with E-state index in [-0.39, 0.29) is 11.9 Å². The van der Waals surface area contributed by atoms with Gasteiger partial charge in [0, 0.05) is 45.0 Å². The lowest BCUT2D eigenvalue weighted by Crippen LogP contribution is -2.43. The van der Waals surface area contributed by atoms with Gasteiger partial charge >= 0.3 is 0 Å². The molecule has 1 amide bonds. The number of ether oxygens (including phenoxy) is 1. The van der Waals surface area contributed by atoms with Gasteiger partial charge in [0.2, 0.25) is 0 Å². The molecule has 1 atom stereocenters. The molecule has 1 fully saturated rings. The number of carbonyl (C=O) groups excluding carboxylic acids is 1. The molecular formula is C22H29N3O2. The molecule has 0 saturated carbocycles. The Morgan fingerprint density at radius 1 is 1.07 bits per heavy atom. The molecule has 1 aliphatic rings. The lowest BCUT2D eigenvalue weighted by Gasteiger charge is -2.35. The first-order chi connectivity index (χ1) is 13.0. The fraction of sp³-hybridized carbons (Fsp3) is 0.409. The topological polar surface area (TPSA) is 44.8 Å². The second-order valence-electron chi connectivity index (χ2n) is 7.23. The summed E-state index contributed by atoms with van der Waals surface area (Å²) in [4.78, 5) is 17.0. The number of nitrogens with one attached hydrogen (secondary N) is 1. The first kappa shape index (κ1) is 19.4. The summed E-state index contributed by atoms with van der Waals surface area (Å²) in [6, 6.07) is 16.4. The monoisotopic (exact) mass is 367 g/mol. The number of anilines is 1. The third kappa shape index (κ3) is 5.08. The number of nitrogens with zero attached hydrogens (tertiary/aromatic N) is 2. The Hall–Kier alpha value is -2.37. The molecule has 5 heteroatoms. The van der Waals surface area contributed by atoms with Crippen LogP contribution in [-0.4, -0.2) is 57.8 Å². The normalized spacial score (nSPS) is 16.0. The van der Waals surface area contributed by atoms with Crippen LogP contribution in [0, 0.1) is 6.92 Å². The van der Waals surface area contributed by atoms with Crippen LogP contribution in [0.3, 0.4) is 0 Å². The molecule has 0 unspecified atom stereocenters. The molecule has 0 bridgehead atoms. The molecule has 1 aliphatic heterocycles. The highest BCUT2D eigenvalue weighted by Crippen LogP contribution is 2.24. The minimum absolute atomic E-state index is 0.0295. The molecule has 2 aromatic rings. The molecule has 3 rings (SSSR count). The molecule has 0 aromatic heterocycles. The molecule has 1 N–H and O–H groups in total. The Bertz CT molecular complexity index is 735. The smallest absolute Gasteiger partial charge is 0.251 e. The van der Waals surface area contributed by atoms with Gasteiger partial charge < -0.3 is 15.0 Å². The summed E-state index contributed by atoms with van der Waals surface area (Å²) in [6.07, 6.45) is 0. The van der Waals surface area contributed by atoms with E-state index in [0.29, 0.717) is 12.1 Å². The van der Waals surface area contributed by atoms with Crippen LogP contribution in [0.25, 0.3) is 0 Å². The van der Waals surface area contributed by atoms with Gasteiger partial charge in [-0.15, -0.1) is 0 Å². The van der Waals surface area contributed by atoms with Gasteiger partial charge in [0.25, 0.3) is 5.91 Å². The Labute approximate surface area is 161 Å². The maximum Gasteiger partial charge on any atom is 0.251 e. The van der Waals surface area contributed by atoms with E-state index in [1.165, 1.54) is 11.3 Å². The molecule has 2 aromatic carbocycles. The maximum absolute atomic E-state index is 12.6. The van der Waals surface area contributed by atoms with Crippen molar-refractivity contribution in [1.29, 1.82) is 0 Å². The van der Waals surface area contributed by atoms with E-state index < -0.39 is 0 Å². The molecule has 27 heavy (non-hydrogen) atoms. The van der Waals surface area contributed by atoms with E-state index in [2.05, 4.69) is 39.4 Å². The lowest BCUT2D eigenvalue weighted by molar-refractivity contribution is 0.0162. The van der Waals surface area contributed by atoms with Crippen LogP contribution in [0.1, 0.15) is 27.5 Å². The number of aryl methyl sites for hydroxylation is 1. The van der Waals surface area contributed by atoms with E-state index in [0.717, 1.165) is 31.9 Å². The van der Waals surface area contributed by atoms with E-state index in [9.17, 15) is 4.79 Å². The SMILES string of the molecule is Cc1ccc(C(=O)NC[C@H](c2ccc(N(C)C)cc2)N2CCOCC2)cc1. The quantitative estimate of drug-likeness (QED) is 0.853. The van der Waals surface area contributed by atoms with Gasteiger partial charge in [0.05, 0.1) is 19.3 Å². The highest BCUT2D eigenvalue weighted by atomic mass is 16.5. The summed E-state index contributed by atoms with van der Waals surface area (Å²) in [5, 5.41) is 3.12. The minimum atomic E-state index is -0.0295. The van der Waals surface area contributed by atoms with Crippen molar-refractivity contribution in [1.82, 2.24) is 10.2 Å². The van der Waals surface area contributed by atoms with Crippen molar-refractivity contribution in [3.63, 3.8) is 0 Å². The highest BCUT2D eigenvalue weighted by Gasteiger charge is 2.23. The molecule has 0 spiro atoms. The van der Waals surface area contributed by atoms with Gasteiger partial charge in [0.1, 0.15) is 0 Å². The van der Waals surface area contributed by atoms with Crippen LogP contribution in [0.4, 0.5) is 5.69 Å². The van der Waals surface area contributed by atoms with Crippen LogP contribution < -0.4 is 10.2 Å². The van der Waals surface area contributed by atoms with Crippen LogP contribution in [0.5, 0.6) is 0 Å². The van der Waals surface area contributed by atoms with Crippen LogP contribution in [-0.2, 0) is 4.74 Å². The second-order valence-corrected chi connectivity index (χ2v) is 7.23. The minimum Gasteiger partial charge on any atom is -0.379 e. The van der Waals surface area contributed by atoms with Gasteiger partial charge in [-0.05, 0) is 36.8 Å². The van der Waals surface area contributed by atoms with Gasteiger partial charge in [-0.3, -0.25) is 9.69 Å². The largest absolute Gasteiger partial charge is 0.379 e. The van der Waals surface area contributed by atoms with Crippen molar-refractivity contribution in [3.05, 3.63) is 65.2 Å². The van der Waals surface area contributed by atoms with Gasteiger partial charge in [0.15, 0.2) is 0 Å². The van der Waals surface area contributed by atoms with Crippen molar-refractivity contribution < 1.29 is 9.53 Å². The Morgan fingerprint density at radius 2 is 1.70 bits per heavy atom. The van der Waals surface area contributed by atoms with Gasteiger partial charge in [-0.1, -0.05) is 29.8 Å². The van der Waals surface area contributed by atoms with Crippen molar-refractivity contribution >= 4 is 11.6 Å². The number of hydrogen-bond acceptors (Lipinski definition) is 4. The third-order valence-corrected chi connectivity index (χ3v) is 5.05. The first-order valence-corrected chi connectivity index (χ1v) is 9.48. The van der Waals surface area contributed by atoms with Gasteiger partial charge in [-0.25, -0.2) is 0 Å². The second kappa shape index (κ2) is 9.02. The molecule has 1 saturated heterocycles. The maximum atomic E-state index is 12.6. The first-order valence-electron chi connectivity index (χ1n) is 9.48. The summed E-state index contributed by atoms with van der Waals surface area (Å²) >= 11 is 0. The van der Waals surface area contributed by atoms with Crippen LogP contribution in [0.2, 0.25) is 0 Å². The molecule has 144 valence electrons. The average Bonchev–Trinajstić information content (AvgIpc) is 2.69. The number of morpholine rings is 1. The van der Waals surface area contributed by atoms with E-state index >= 15 is 0 Å². The van der Waals surface area contributed by atoms with E-state index in [1.54, 1.807) is 0 Å². The number of amides is 1. The molecular weight excluding hydrogens is 338 g/mol. The number of carbonyl (C=O) groups is 1. The number of rotatable bonds is 6. The summed E-state index contributed by atoms with van der Waals surface area (Å²) in [5.41, 5.74) is 4.23. The van der Waals surface area contributed by atoms with E-state index in [1.807, 2.05) is 45.3 Å². The van der Waals surface area contributed by atoms with Crippen LogP contribution >= 0.6 is 0 Å². The Balaban J connectivity index is 1.73. The van der Waals surface area contributed by atoms with Crippen molar-refractivity contribution in [2.24, 2.45) is 0 Å². The Kier molecular flexibility index (Phi) is 6.48. The van der Waals surface area contributed by atoms with Crippen molar-refractivity contribution in [3.8, 4) is 0 Å². The van der Waals surface area contributed by atoms with Crippen LogP contribution in [0.15, 0.2) is 48.5 Å². The number of hydrogen-bond donors (Lipinski definition) is 1. The van der Waals surface area contributed by atoms with Crippen molar-refractivity contribution in [2.45, 2.75) is 13.0 Å². The summed E-state index contributed by atoms with van der Waals surface area (Å²) in [5.74, 6) is -0.0295.